The van der Waals surface area contributed by atoms with E-state index in [1.807, 2.05) is 12.1 Å². The van der Waals surface area contributed by atoms with Gasteiger partial charge in [-0.05, 0) is 81.6 Å². The Hall–Kier alpha value is -2.48. The summed E-state index contributed by atoms with van der Waals surface area (Å²) >= 11 is 0. The topological polar surface area (TPSA) is 98.7 Å². The van der Waals surface area contributed by atoms with Crippen LogP contribution in [-0.2, 0) is 14.4 Å². The molecule has 0 aromatic heterocycles. The molecule has 168 valence electrons. The number of carboxylic acids is 1. The van der Waals surface area contributed by atoms with Crippen molar-refractivity contribution in [1.29, 1.82) is 0 Å². The fraction of sp³-hybridized carbons (Fsp3) is 0.609. The molecule has 2 amide bonds. The number of hydrogen-bond donors (Lipinski definition) is 3. The number of carbonyl (C=O) groups is 3. The van der Waals surface area contributed by atoms with Crippen molar-refractivity contribution >= 4 is 23.5 Å². The van der Waals surface area contributed by atoms with Crippen LogP contribution < -0.4 is 10.6 Å². The minimum absolute atomic E-state index is 0.163. The van der Waals surface area contributed by atoms with Crippen LogP contribution in [0.25, 0.3) is 0 Å². The van der Waals surface area contributed by atoms with Crippen molar-refractivity contribution in [3.05, 3.63) is 29.6 Å². The predicted molar refractivity (Wildman–Crippen MR) is 113 cm³/mol. The van der Waals surface area contributed by atoms with Crippen LogP contribution in [0.4, 0.5) is 10.1 Å². The summed E-state index contributed by atoms with van der Waals surface area (Å²) in [6.45, 7) is 1.81. The van der Waals surface area contributed by atoms with Crippen molar-refractivity contribution in [3.8, 4) is 0 Å². The highest BCUT2D eigenvalue weighted by molar-refractivity contribution is 6.01. The number of anilines is 1. The van der Waals surface area contributed by atoms with Crippen molar-refractivity contribution in [3.63, 3.8) is 0 Å². The van der Waals surface area contributed by atoms with E-state index in [1.54, 1.807) is 0 Å². The van der Waals surface area contributed by atoms with Gasteiger partial charge in [0.05, 0.1) is 5.92 Å². The molecule has 0 radical (unpaired) electrons. The molecule has 4 rings (SSSR count). The lowest BCUT2D eigenvalue weighted by Gasteiger charge is -2.40. The third-order valence-corrected chi connectivity index (χ3v) is 7.11. The molecule has 2 aliphatic heterocycles. The first kappa shape index (κ1) is 21.7. The largest absolute Gasteiger partial charge is 0.481 e. The van der Waals surface area contributed by atoms with Crippen molar-refractivity contribution in [1.82, 2.24) is 10.2 Å². The lowest BCUT2D eigenvalue weighted by molar-refractivity contribution is -0.143. The van der Waals surface area contributed by atoms with Crippen LogP contribution in [0.5, 0.6) is 0 Å². The molecule has 3 aliphatic rings. The second-order valence-electron chi connectivity index (χ2n) is 9.04. The summed E-state index contributed by atoms with van der Waals surface area (Å²) in [5.41, 5.74) is 1.26. The zero-order valence-electron chi connectivity index (χ0n) is 17.6. The van der Waals surface area contributed by atoms with Gasteiger partial charge in [0.2, 0.25) is 11.8 Å². The lowest BCUT2D eigenvalue weighted by Crippen LogP contribution is -2.47. The maximum absolute atomic E-state index is 14.9. The highest BCUT2D eigenvalue weighted by atomic mass is 19.1. The van der Waals surface area contributed by atoms with Gasteiger partial charge in [0.1, 0.15) is 11.9 Å². The first-order chi connectivity index (χ1) is 14.9. The summed E-state index contributed by atoms with van der Waals surface area (Å²) in [7, 11) is 0. The number of nitrogens with zero attached hydrogens (tertiary/aromatic N) is 1. The number of imide groups is 1. The number of hydrogen-bond acceptors (Lipinski definition) is 5. The van der Waals surface area contributed by atoms with Crippen molar-refractivity contribution in [2.24, 2.45) is 5.92 Å². The molecule has 31 heavy (non-hydrogen) atoms. The van der Waals surface area contributed by atoms with Gasteiger partial charge in [-0.15, -0.1) is 0 Å². The molecule has 3 fully saturated rings. The van der Waals surface area contributed by atoms with Crippen molar-refractivity contribution in [2.45, 2.75) is 69.4 Å². The van der Waals surface area contributed by atoms with E-state index in [4.69, 9.17) is 5.11 Å². The quantitative estimate of drug-likeness (QED) is 0.620. The Morgan fingerprint density at radius 3 is 2.39 bits per heavy atom. The molecule has 8 heteroatoms. The van der Waals surface area contributed by atoms with E-state index >= 15 is 0 Å². The molecule has 2 heterocycles. The maximum Gasteiger partial charge on any atom is 0.306 e. The second-order valence-corrected chi connectivity index (χ2v) is 9.04. The molecule has 2 saturated heterocycles. The van der Waals surface area contributed by atoms with Crippen LogP contribution in [0.3, 0.4) is 0 Å². The molecule has 1 aromatic carbocycles. The number of nitrogens with one attached hydrogen (secondary N) is 2. The predicted octanol–water partition coefficient (Wildman–Crippen LogP) is 2.87. The highest BCUT2D eigenvalue weighted by Crippen LogP contribution is 2.35. The summed E-state index contributed by atoms with van der Waals surface area (Å²) in [5, 5.41) is 14.5. The van der Waals surface area contributed by atoms with Gasteiger partial charge in [0.15, 0.2) is 0 Å². The van der Waals surface area contributed by atoms with Gasteiger partial charge >= 0.3 is 5.97 Å². The number of aliphatic carboxylic acids is 1. The van der Waals surface area contributed by atoms with Gasteiger partial charge < -0.3 is 15.3 Å². The van der Waals surface area contributed by atoms with Crippen LogP contribution in [-0.4, -0.2) is 53.0 Å². The molecular formula is C23H30FN3O4. The Morgan fingerprint density at radius 1 is 1.06 bits per heavy atom. The van der Waals surface area contributed by atoms with E-state index in [0.29, 0.717) is 23.7 Å². The van der Waals surface area contributed by atoms with E-state index in [9.17, 15) is 18.8 Å². The van der Waals surface area contributed by atoms with Crippen molar-refractivity contribution < 1.29 is 23.9 Å². The second kappa shape index (κ2) is 9.34. The number of piperidine rings is 2. The number of amides is 2. The highest BCUT2D eigenvalue weighted by Gasteiger charge is 2.32. The van der Waals surface area contributed by atoms with Crippen LogP contribution in [0.2, 0.25) is 0 Å². The van der Waals surface area contributed by atoms with Gasteiger partial charge in [-0.25, -0.2) is 4.39 Å². The van der Waals surface area contributed by atoms with E-state index in [1.165, 1.54) is 6.07 Å². The fourth-order valence-electron chi connectivity index (χ4n) is 5.24. The molecule has 7 nitrogen and oxygen atoms in total. The third kappa shape index (κ3) is 5.06. The Balaban J connectivity index is 1.30. The van der Waals surface area contributed by atoms with Crippen LogP contribution >= 0.6 is 0 Å². The molecule has 3 N–H and O–H groups in total. The van der Waals surface area contributed by atoms with E-state index in [2.05, 4.69) is 15.5 Å². The van der Waals surface area contributed by atoms with Crippen molar-refractivity contribution in [2.75, 3.05) is 18.4 Å². The summed E-state index contributed by atoms with van der Waals surface area (Å²) in [6.07, 6.45) is 5.80. The van der Waals surface area contributed by atoms with Crippen LogP contribution in [0.1, 0.15) is 62.8 Å². The first-order valence-corrected chi connectivity index (χ1v) is 11.3. The minimum Gasteiger partial charge on any atom is -0.481 e. The fourth-order valence-corrected chi connectivity index (χ4v) is 5.24. The first-order valence-electron chi connectivity index (χ1n) is 11.3. The molecule has 1 atom stereocenters. The Bertz CT molecular complexity index is 845. The van der Waals surface area contributed by atoms with Gasteiger partial charge in [-0.1, -0.05) is 6.07 Å². The molecule has 1 unspecified atom stereocenters. The summed E-state index contributed by atoms with van der Waals surface area (Å²) < 4.78 is 14.9. The van der Waals surface area contributed by atoms with Crippen LogP contribution in [0, 0.1) is 11.7 Å². The van der Waals surface area contributed by atoms with Gasteiger partial charge in [-0.3, -0.25) is 19.7 Å². The van der Waals surface area contributed by atoms with Gasteiger partial charge in [0.25, 0.3) is 0 Å². The van der Waals surface area contributed by atoms with Gasteiger partial charge in [-0.2, -0.15) is 0 Å². The molecule has 1 aliphatic carbocycles. The monoisotopic (exact) mass is 431 g/mol. The number of likely N-dealkylation sites (tertiary alicyclic amines) is 1. The number of rotatable bonds is 5. The van der Waals surface area contributed by atoms with Gasteiger partial charge in [0, 0.05) is 18.2 Å². The standard InChI is InChI=1S/C23H30FN3O4/c24-19-13-16(25-20-7-8-21(28)26-22(20)29)3-6-18(19)14-9-11-27(12-10-14)17-4-1-15(2-5-17)23(30)31/h3,6,13-15,17,20,25H,1-2,4-5,7-12H2,(H,30,31)(H,26,28,29). The lowest BCUT2D eigenvalue weighted by atomic mass is 9.83. The Kier molecular flexibility index (Phi) is 6.55. The summed E-state index contributed by atoms with van der Waals surface area (Å²) in [5.74, 6) is -1.62. The molecule has 0 bridgehead atoms. The average Bonchev–Trinajstić information content (AvgIpc) is 2.76. The van der Waals surface area contributed by atoms with E-state index < -0.39 is 12.0 Å². The van der Waals surface area contributed by atoms with E-state index in [-0.39, 0.29) is 35.9 Å². The average molecular weight is 432 g/mol. The molecular weight excluding hydrogens is 401 g/mol. The zero-order valence-corrected chi connectivity index (χ0v) is 17.6. The number of carbonyl (C=O) groups excluding carboxylic acids is 2. The zero-order chi connectivity index (χ0) is 22.0. The summed E-state index contributed by atoms with van der Waals surface area (Å²) in [6, 6.07) is 4.98. The van der Waals surface area contributed by atoms with Crippen LogP contribution in [0.15, 0.2) is 18.2 Å². The minimum atomic E-state index is -0.678. The number of carboxylic acid groups (broad SMARTS) is 1. The smallest absolute Gasteiger partial charge is 0.306 e. The normalized spacial score (nSPS) is 28.2. The maximum atomic E-state index is 14.9. The Morgan fingerprint density at radius 2 is 1.77 bits per heavy atom. The third-order valence-electron chi connectivity index (χ3n) is 7.11. The number of benzene rings is 1. The molecule has 1 saturated carbocycles. The molecule has 0 spiro atoms. The Labute approximate surface area is 181 Å². The molecule has 1 aromatic rings. The van der Waals surface area contributed by atoms with E-state index in [0.717, 1.165) is 51.6 Å². The SMILES string of the molecule is O=C1CCC(Nc2ccc(C3CCN(C4CCC(C(=O)O)CC4)CC3)c(F)c2)C(=O)N1. The number of halogens is 1. The summed E-state index contributed by atoms with van der Waals surface area (Å²) in [4.78, 5) is 36.8.